The first-order chi connectivity index (χ1) is 10.1. The monoisotopic (exact) mass is 299 g/mol. The zero-order valence-electron chi connectivity index (χ0n) is 12.7. The first-order valence-electron chi connectivity index (χ1n) is 7.15. The van der Waals surface area contributed by atoms with E-state index in [4.69, 9.17) is 0 Å². The van der Waals surface area contributed by atoms with E-state index >= 15 is 0 Å². The first kappa shape index (κ1) is 15.6. The van der Waals surface area contributed by atoms with E-state index in [9.17, 15) is 4.79 Å². The standard InChI is InChI=1S/C18H21NOS/c1-13-9-11-16(12-10-13)14(2)19-18(20)15(3)21-17-7-5-4-6-8-17/h4-12,14-15H,1-3H3,(H,19,20)/t14-,15+/m0/s1. The minimum Gasteiger partial charge on any atom is -0.349 e. The maximum Gasteiger partial charge on any atom is 0.233 e. The van der Waals surface area contributed by atoms with Gasteiger partial charge in [0.15, 0.2) is 0 Å². The normalized spacial score (nSPS) is 13.5. The quantitative estimate of drug-likeness (QED) is 0.831. The Morgan fingerprint density at radius 1 is 1.00 bits per heavy atom. The van der Waals surface area contributed by atoms with Crippen LogP contribution in [0.2, 0.25) is 0 Å². The minimum absolute atomic E-state index is 0.0249. The van der Waals surface area contributed by atoms with Gasteiger partial charge in [0.2, 0.25) is 5.91 Å². The molecule has 21 heavy (non-hydrogen) atoms. The number of hydrogen-bond donors (Lipinski definition) is 1. The van der Waals surface area contributed by atoms with Crippen molar-refractivity contribution in [2.75, 3.05) is 0 Å². The van der Waals surface area contributed by atoms with Gasteiger partial charge in [0, 0.05) is 4.90 Å². The first-order valence-corrected chi connectivity index (χ1v) is 8.03. The van der Waals surface area contributed by atoms with Gasteiger partial charge in [-0.05, 0) is 38.5 Å². The van der Waals surface area contributed by atoms with Crippen LogP contribution in [0.1, 0.15) is 31.0 Å². The Labute approximate surface area is 131 Å². The number of nitrogens with one attached hydrogen (secondary N) is 1. The van der Waals surface area contributed by atoms with Crippen LogP contribution in [0.4, 0.5) is 0 Å². The van der Waals surface area contributed by atoms with Gasteiger partial charge >= 0.3 is 0 Å². The smallest absolute Gasteiger partial charge is 0.233 e. The average Bonchev–Trinajstić information content (AvgIpc) is 2.48. The summed E-state index contributed by atoms with van der Waals surface area (Å²) in [5.74, 6) is 0.0666. The molecule has 0 unspecified atom stereocenters. The Kier molecular flexibility index (Phi) is 5.45. The fourth-order valence-corrected chi connectivity index (χ4v) is 2.92. The fourth-order valence-electron chi connectivity index (χ4n) is 2.03. The molecule has 0 heterocycles. The average molecular weight is 299 g/mol. The van der Waals surface area contributed by atoms with Gasteiger partial charge in [-0.25, -0.2) is 0 Å². The van der Waals surface area contributed by atoms with Gasteiger partial charge in [-0.15, -0.1) is 11.8 Å². The summed E-state index contributed by atoms with van der Waals surface area (Å²) in [5.41, 5.74) is 2.36. The molecular formula is C18H21NOS. The molecular weight excluding hydrogens is 278 g/mol. The molecule has 3 heteroatoms. The Hall–Kier alpha value is -1.74. The van der Waals surface area contributed by atoms with Crippen LogP contribution in [0.5, 0.6) is 0 Å². The van der Waals surface area contributed by atoms with Crippen molar-refractivity contribution in [3.8, 4) is 0 Å². The maximum atomic E-state index is 12.3. The number of carbonyl (C=O) groups is 1. The van der Waals surface area contributed by atoms with Crippen molar-refractivity contribution in [1.29, 1.82) is 0 Å². The Morgan fingerprint density at radius 2 is 1.62 bits per heavy atom. The molecule has 2 aromatic rings. The van der Waals surface area contributed by atoms with Crippen molar-refractivity contribution < 1.29 is 4.79 Å². The number of amides is 1. The molecule has 0 aliphatic rings. The van der Waals surface area contributed by atoms with Crippen molar-refractivity contribution in [3.05, 3.63) is 65.7 Å². The van der Waals surface area contributed by atoms with Gasteiger partial charge in [-0.2, -0.15) is 0 Å². The summed E-state index contributed by atoms with van der Waals surface area (Å²) >= 11 is 1.58. The van der Waals surface area contributed by atoms with Gasteiger partial charge in [0.1, 0.15) is 0 Å². The Balaban J connectivity index is 1.92. The van der Waals surface area contributed by atoms with E-state index in [0.29, 0.717) is 0 Å². The highest BCUT2D eigenvalue weighted by Crippen LogP contribution is 2.23. The number of rotatable bonds is 5. The van der Waals surface area contributed by atoms with Crippen molar-refractivity contribution >= 4 is 17.7 Å². The van der Waals surface area contributed by atoms with Gasteiger partial charge in [-0.3, -0.25) is 4.79 Å². The molecule has 0 aliphatic carbocycles. The van der Waals surface area contributed by atoms with Crippen molar-refractivity contribution in [2.45, 2.75) is 37.0 Å². The number of benzene rings is 2. The third-order valence-electron chi connectivity index (χ3n) is 3.36. The van der Waals surface area contributed by atoms with Crippen LogP contribution < -0.4 is 5.32 Å². The number of aryl methyl sites for hydroxylation is 1. The second kappa shape index (κ2) is 7.32. The van der Waals surface area contributed by atoms with Gasteiger partial charge in [0.05, 0.1) is 11.3 Å². The zero-order valence-corrected chi connectivity index (χ0v) is 13.5. The molecule has 2 nitrogen and oxygen atoms in total. The Morgan fingerprint density at radius 3 is 2.24 bits per heavy atom. The van der Waals surface area contributed by atoms with Gasteiger partial charge < -0.3 is 5.32 Å². The molecule has 1 N–H and O–H groups in total. The highest BCUT2D eigenvalue weighted by Gasteiger charge is 2.17. The lowest BCUT2D eigenvalue weighted by Crippen LogP contribution is -2.33. The molecule has 0 radical (unpaired) electrons. The molecule has 0 saturated carbocycles. The summed E-state index contributed by atoms with van der Waals surface area (Å²) < 4.78 is 0. The predicted molar refractivity (Wildman–Crippen MR) is 89.5 cm³/mol. The molecule has 0 bridgehead atoms. The SMILES string of the molecule is Cc1ccc([C@H](C)NC(=O)[C@@H](C)Sc2ccccc2)cc1. The lowest BCUT2D eigenvalue weighted by molar-refractivity contribution is -0.120. The predicted octanol–water partition coefficient (Wildman–Crippen LogP) is 4.35. The molecule has 0 fully saturated rings. The fraction of sp³-hybridized carbons (Fsp3) is 0.278. The van der Waals surface area contributed by atoms with Crippen molar-refractivity contribution in [3.63, 3.8) is 0 Å². The van der Waals surface area contributed by atoms with Crippen LogP contribution in [0, 0.1) is 6.92 Å². The second-order valence-corrected chi connectivity index (χ2v) is 6.63. The van der Waals surface area contributed by atoms with E-state index in [0.717, 1.165) is 10.5 Å². The van der Waals surface area contributed by atoms with Crippen LogP contribution in [0.15, 0.2) is 59.5 Å². The summed E-state index contributed by atoms with van der Waals surface area (Å²) in [6.07, 6.45) is 0. The van der Waals surface area contributed by atoms with Crippen LogP contribution >= 0.6 is 11.8 Å². The number of hydrogen-bond acceptors (Lipinski definition) is 2. The lowest BCUT2D eigenvalue weighted by atomic mass is 10.1. The molecule has 0 spiro atoms. The maximum absolute atomic E-state index is 12.3. The third kappa shape index (κ3) is 4.64. The second-order valence-electron chi connectivity index (χ2n) is 5.21. The highest BCUT2D eigenvalue weighted by atomic mass is 32.2. The van der Waals surface area contributed by atoms with Crippen LogP contribution in [-0.4, -0.2) is 11.2 Å². The lowest BCUT2D eigenvalue weighted by Gasteiger charge is -2.18. The zero-order chi connectivity index (χ0) is 15.2. The van der Waals surface area contributed by atoms with Gasteiger partial charge in [0.25, 0.3) is 0 Å². The van der Waals surface area contributed by atoms with E-state index in [-0.39, 0.29) is 17.2 Å². The molecule has 0 saturated heterocycles. The molecule has 2 aromatic carbocycles. The van der Waals surface area contributed by atoms with E-state index in [1.807, 2.05) is 44.2 Å². The molecule has 110 valence electrons. The van der Waals surface area contributed by atoms with Crippen LogP contribution in [0.25, 0.3) is 0 Å². The van der Waals surface area contributed by atoms with E-state index in [1.165, 1.54) is 5.56 Å². The highest BCUT2D eigenvalue weighted by molar-refractivity contribution is 8.00. The van der Waals surface area contributed by atoms with Crippen molar-refractivity contribution in [2.24, 2.45) is 0 Å². The molecule has 1 amide bonds. The number of thioether (sulfide) groups is 1. The van der Waals surface area contributed by atoms with E-state index in [2.05, 4.69) is 36.5 Å². The van der Waals surface area contributed by atoms with Gasteiger partial charge in [-0.1, -0.05) is 48.0 Å². The van der Waals surface area contributed by atoms with Crippen molar-refractivity contribution in [1.82, 2.24) is 5.32 Å². The van der Waals surface area contributed by atoms with Crippen LogP contribution in [0.3, 0.4) is 0 Å². The topological polar surface area (TPSA) is 29.1 Å². The summed E-state index contributed by atoms with van der Waals surface area (Å²) in [7, 11) is 0. The molecule has 0 aromatic heterocycles. The third-order valence-corrected chi connectivity index (χ3v) is 4.47. The van der Waals surface area contributed by atoms with E-state index in [1.54, 1.807) is 11.8 Å². The summed E-state index contributed by atoms with van der Waals surface area (Å²) in [4.78, 5) is 13.4. The molecule has 2 atom stereocenters. The molecule has 2 rings (SSSR count). The summed E-state index contributed by atoms with van der Waals surface area (Å²) in [5, 5.41) is 2.97. The van der Waals surface area contributed by atoms with Crippen LogP contribution in [-0.2, 0) is 4.79 Å². The molecule has 0 aliphatic heterocycles. The Bertz CT molecular complexity index is 580. The van der Waals surface area contributed by atoms with E-state index < -0.39 is 0 Å². The minimum atomic E-state index is -0.111. The number of carbonyl (C=O) groups excluding carboxylic acids is 1. The summed E-state index contributed by atoms with van der Waals surface area (Å²) in [6.45, 7) is 6.02. The largest absolute Gasteiger partial charge is 0.349 e. The summed E-state index contributed by atoms with van der Waals surface area (Å²) in [6, 6.07) is 18.3.